The number of aromatic nitrogens is 4. The van der Waals surface area contributed by atoms with Gasteiger partial charge in [-0.2, -0.15) is 23.7 Å². The zero-order valence-corrected chi connectivity index (χ0v) is 14.1. The van der Waals surface area contributed by atoms with E-state index < -0.39 is 12.5 Å². The molecule has 136 valence electrons. The van der Waals surface area contributed by atoms with Gasteiger partial charge in [0.1, 0.15) is 11.5 Å². The molecule has 0 aliphatic carbocycles. The average molecular weight is 363 g/mol. The molecule has 0 aliphatic heterocycles. The van der Waals surface area contributed by atoms with Crippen LogP contribution in [0.25, 0.3) is 0 Å². The molecule has 9 heteroatoms. The predicted molar refractivity (Wildman–Crippen MR) is 88.6 cm³/mol. The summed E-state index contributed by atoms with van der Waals surface area (Å²) < 4.78 is 41.5. The molecule has 1 amide bonds. The Balaban J connectivity index is 1.85. The summed E-state index contributed by atoms with van der Waals surface area (Å²) in [4.78, 5) is 12.3. The van der Waals surface area contributed by atoms with Crippen molar-refractivity contribution in [2.45, 2.75) is 26.9 Å². The Morgan fingerprint density at radius 2 is 1.96 bits per heavy atom. The van der Waals surface area contributed by atoms with E-state index in [2.05, 4.69) is 15.5 Å². The number of alkyl halides is 2. The maximum absolute atomic E-state index is 13.8. The van der Waals surface area contributed by atoms with Crippen LogP contribution in [0.15, 0.2) is 36.5 Å². The van der Waals surface area contributed by atoms with Crippen molar-refractivity contribution in [1.29, 1.82) is 0 Å². The number of benzene rings is 1. The van der Waals surface area contributed by atoms with Gasteiger partial charge < -0.3 is 5.32 Å². The first kappa shape index (κ1) is 17.7. The molecule has 3 rings (SSSR count). The number of amides is 1. The van der Waals surface area contributed by atoms with Crippen LogP contribution in [0.5, 0.6) is 0 Å². The Labute approximate surface area is 147 Å². The molecular formula is C17H16F3N5O. The van der Waals surface area contributed by atoms with Gasteiger partial charge in [0.2, 0.25) is 0 Å². The van der Waals surface area contributed by atoms with Crippen LogP contribution in [0.3, 0.4) is 0 Å². The topological polar surface area (TPSA) is 64.7 Å². The third kappa shape index (κ3) is 3.32. The van der Waals surface area contributed by atoms with Crippen LogP contribution in [0.4, 0.5) is 18.9 Å². The number of hydrogen-bond acceptors (Lipinski definition) is 3. The van der Waals surface area contributed by atoms with Crippen LogP contribution in [0.2, 0.25) is 0 Å². The monoisotopic (exact) mass is 363 g/mol. The number of nitrogens with one attached hydrogen (secondary N) is 1. The molecular weight excluding hydrogens is 347 g/mol. The Hall–Kier alpha value is -3.10. The third-order valence-corrected chi connectivity index (χ3v) is 3.99. The van der Waals surface area contributed by atoms with Gasteiger partial charge >= 0.3 is 6.55 Å². The molecule has 0 fully saturated rings. The summed E-state index contributed by atoms with van der Waals surface area (Å²) in [6.07, 6.45) is 1.13. The second-order valence-corrected chi connectivity index (χ2v) is 5.69. The minimum Gasteiger partial charge on any atom is -0.317 e. The lowest BCUT2D eigenvalue weighted by molar-refractivity contribution is 0.0520. The number of halogens is 3. The highest BCUT2D eigenvalue weighted by atomic mass is 19.3. The minimum atomic E-state index is -2.92. The fraction of sp³-hybridized carbons (Fsp3) is 0.235. The van der Waals surface area contributed by atoms with Crippen LogP contribution in [-0.4, -0.2) is 25.5 Å². The highest BCUT2D eigenvalue weighted by Crippen LogP contribution is 2.22. The van der Waals surface area contributed by atoms with Gasteiger partial charge in [0.15, 0.2) is 0 Å². The average Bonchev–Trinajstić information content (AvgIpc) is 3.18. The summed E-state index contributed by atoms with van der Waals surface area (Å²) in [5.74, 6) is -1.08. The molecule has 0 aliphatic rings. The van der Waals surface area contributed by atoms with Crippen molar-refractivity contribution in [3.63, 3.8) is 0 Å². The second-order valence-electron chi connectivity index (χ2n) is 5.69. The van der Waals surface area contributed by atoms with E-state index in [0.29, 0.717) is 27.3 Å². The molecule has 0 saturated heterocycles. The van der Waals surface area contributed by atoms with Crippen molar-refractivity contribution >= 4 is 11.6 Å². The molecule has 0 unspecified atom stereocenters. The molecule has 3 aromatic rings. The summed E-state index contributed by atoms with van der Waals surface area (Å²) in [6, 6.07) is 7.52. The lowest BCUT2D eigenvalue weighted by Gasteiger charge is -2.09. The van der Waals surface area contributed by atoms with Crippen molar-refractivity contribution in [2.24, 2.45) is 0 Å². The van der Waals surface area contributed by atoms with Crippen LogP contribution >= 0.6 is 0 Å². The number of nitrogens with zero attached hydrogens (tertiary/aromatic N) is 4. The summed E-state index contributed by atoms with van der Waals surface area (Å²) >= 11 is 0. The first-order chi connectivity index (χ1) is 12.4. The van der Waals surface area contributed by atoms with Gasteiger partial charge in [-0.1, -0.05) is 18.2 Å². The molecule has 1 N–H and O–H groups in total. The number of aryl methyl sites for hydroxylation is 1. The second kappa shape index (κ2) is 7.03. The van der Waals surface area contributed by atoms with E-state index >= 15 is 0 Å². The zero-order valence-electron chi connectivity index (χ0n) is 14.1. The first-order valence-corrected chi connectivity index (χ1v) is 7.79. The molecule has 0 atom stereocenters. The molecule has 0 saturated carbocycles. The normalized spacial score (nSPS) is 11.2. The van der Waals surface area contributed by atoms with Crippen molar-refractivity contribution in [3.8, 4) is 0 Å². The first-order valence-electron chi connectivity index (χ1n) is 7.79. The van der Waals surface area contributed by atoms with Gasteiger partial charge in [0, 0.05) is 11.8 Å². The molecule has 1 aromatic carbocycles. The maximum atomic E-state index is 13.8. The van der Waals surface area contributed by atoms with Crippen molar-refractivity contribution in [1.82, 2.24) is 19.6 Å². The fourth-order valence-electron chi connectivity index (χ4n) is 2.65. The minimum absolute atomic E-state index is 0.185. The smallest absolute Gasteiger partial charge is 0.317 e. The SMILES string of the molecule is Cc1nn(Cc2ccccc2F)c(C)c1NC(=O)c1ccnn1C(F)F. The van der Waals surface area contributed by atoms with Crippen LogP contribution in [0.1, 0.15) is 34.0 Å². The molecule has 0 bridgehead atoms. The number of carbonyl (C=O) groups is 1. The summed E-state index contributed by atoms with van der Waals surface area (Å²) in [5, 5.41) is 10.3. The van der Waals surface area contributed by atoms with Crippen LogP contribution in [-0.2, 0) is 6.54 Å². The van der Waals surface area contributed by atoms with E-state index in [-0.39, 0.29) is 18.1 Å². The van der Waals surface area contributed by atoms with E-state index in [0.717, 1.165) is 6.20 Å². The largest absolute Gasteiger partial charge is 0.333 e. The summed E-state index contributed by atoms with van der Waals surface area (Å²) in [5.41, 5.74) is 1.67. The quantitative estimate of drug-likeness (QED) is 0.754. The van der Waals surface area contributed by atoms with Gasteiger partial charge in [0.05, 0.1) is 23.6 Å². The van der Waals surface area contributed by atoms with Crippen molar-refractivity contribution < 1.29 is 18.0 Å². The highest BCUT2D eigenvalue weighted by Gasteiger charge is 2.21. The molecule has 2 heterocycles. The Bertz CT molecular complexity index is 948. The van der Waals surface area contributed by atoms with Gasteiger partial charge in [-0.3, -0.25) is 9.48 Å². The Morgan fingerprint density at radius 1 is 1.23 bits per heavy atom. The predicted octanol–water partition coefficient (Wildman–Crippen LogP) is 3.53. The standard InChI is InChI=1S/C17H16F3N5O/c1-10-15(22-16(26)14-7-8-21-25(14)17(19)20)11(2)24(23-10)9-12-5-3-4-6-13(12)18/h3-8,17H,9H2,1-2H3,(H,22,26). The van der Waals surface area contributed by atoms with Gasteiger partial charge in [-0.15, -0.1) is 0 Å². The van der Waals surface area contributed by atoms with Crippen molar-refractivity contribution in [3.05, 3.63) is 65.0 Å². The number of hydrogen-bond donors (Lipinski definition) is 1. The lowest BCUT2D eigenvalue weighted by Crippen LogP contribution is -2.19. The van der Waals surface area contributed by atoms with E-state index in [1.165, 1.54) is 12.1 Å². The van der Waals surface area contributed by atoms with Gasteiger partial charge in [0.25, 0.3) is 5.91 Å². The highest BCUT2D eigenvalue weighted by molar-refractivity contribution is 6.03. The zero-order chi connectivity index (χ0) is 18.8. The molecule has 6 nitrogen and oxygen atoms in total. The van der Waals surface area contributed by atoms with E-state index in [1.807, 2.05) is 0 Å². The summed E-state index contributed by atoms with van der Waals surface area (Å²) in [6.45, 7) is 0.646. The summed E-state index contributed by atoms with van der Waals surface area (Å²) in [7, 11) is 0. The van der Waals surface area contributed by atoms with Crippen LogP contribution < -0.4 is 5.32 Å². The molecule has 0 radical (unpaired) electrons. The lowest BCUT2D eigenvalue weighted by atomic mass is 10.2. The van der Waals surface area contributed by atoms with Crippen LogP contribution in [0, 0.1) is 19.7 Å². The third-order valence-electron chi connectivity index (χ3n) is 3.99. The maximum Gasteiger partial charge on any atom is 0.333 e. The Morgan fingerprint density at radius 3 is 2.65 bits per heavy atom. The molecule has 0 spiro atoms. The van der Waals surface area contributed by atoms with E-state index in [1.54, 1.807) is 36.7 Å². The fourth-order valence-corrected chi connectivity index (χ4v) is 2.65. The van der Waals surface area contributed by atoms with E-state index in [9.17, 15) is 18.0 Å². The van der Waals surface area contributed by atoms with Gasteiger partial charge in [-0.25, -0.2) is 4.39 Å². The number of anilines is 1. The van der Waals surface area contributed by atoms with Crippen molar-refractivity contribution in [2.75, 3.05) is 5.32 Å². The van der Waals surface area contributed by atoms with E-state index in [4.69, 9.17) is 0 Å². The Kier molecular flexibility index (Phi) is 4.79. The molecule has 2 aromatic heterocycles. The van der Waals surface area contributed by atoms with Gasteiger partial charge in [-0.05, 0) is 26.0 Å². The molecule has 26 heavy (non-hydrogen) atoms. The number of rotatable bonds is 5. The number of carbonyl (C=O) groups excluding carboxylic acids is 1.